The summed E-state index contributed by atoms with van der Waals surface area (Å²) in [5, 5.41) is 6.68. The van der Waals surface area contributed by atoms with Crippen molar-refractivity contribution >= 4 is 34.4 Å². The molecule has 4 rings (SSSR count). The molecule has 1 aliphatic rings. The van der Waals surface area contributed by atoms with E-state index in [1.54, 1.807) is 0 Å². The molecule has 0 fully saturated rings. The maximum atomic E-state index is 12.1. The van der Waals surface area contributed by atoms with Crippen LogP contribution in [0.2, 0.25) is 5.02 Å². The van der Waals surface area contributed by atoms with Gasteiger partial charge in [0.2, 0.25) is 5.91 Å². The summed E-state index contributed by atoms with van der Waals surface area (Å²) in [6.45, 7) is 3.43. The van der Waals surface area contributed by atoms with E-state index in [0.717, 1.165) is 28.3 Å². The van der Waals surface area contributed by atoms with Gasteiger partial charge in [0.25, 0.3) is 0 Å². The number of carbonyl (C=O) groups is 2. The molecule has 0 radical (unpaired) electrons. The van der Waals surface area contributed by atoms with E-state index < -0.39 is 6.03 Å². The van der Waals surface area contributed by atoms with Gasteiger partial charge in [-0.25, -0.2) is 4.79 Å². The maximum Gasteiger partial charge on any atom is 0.321 e. The number of urea groups is 1. The summed E-state index contributed by atoms with van der Waals surface area (Å²) in [5.41, 5.74) is 4.61. The molecule has 2 aromatic carbocycles. The Kier molecular flexibility index (Phi) is 5.79. The van der Waals surface area contributed by atoms with Crippen LogP contribution in [-0.4, -0.2) is 42.0 Å². The number of nitrogens with one attached hydrogen (secondary N) is 3. The highest BCUT2D eigenvalue weighted by molar-refractivity contribution is 6.31. The number of H-pyrrole nitrogens is 1. The molecule has 2 heterocycles. The van der Waals surface area contributed by atoms with Crippen LogP contribution in [0, 0.1) is 0 Å². The molecule has 0 bridgehead atoms. The van der Waals surface area contributed by atoms with E-state index in [2.05, 4.69) is 51.7 Å². The van der Waals surface area contributed by atoms with Crippen molar-refractivity contribution in [3.63, 3.8) is 0 Å². The second-order valence-corrected chi connectivity index (χ2v) is 8.03. The lowest BCUT2D eigenvalue weighted by molar-refractivity contribution is -0.120. The summed E-state index contributed by atoms with van der Waals surface area (Å²) in [7, 11) is 1.49. The lowest BCUT2D eigenvalue weighted by Gasteiger charge is -2.38. The molecular formula is C23H25ClN4O2. The Bertz CT molecular complexity index is 1090. The van der Waals surface area contributed by atoms with Crippen LogP contribution in [0.15, 0.2) is 48.5 Å². The molecule has 3 amide bonds. The van der Waals surface area contributed by atoms with E-state index in [-0.39, 0.29) is 24.3 Å². The predicted molar refractivity (Wildman–Crippen MR) is 119 cm³/mol. The fraction of sp³-hybridized carbons (Fsp3) is 0.304. The van der Waals surface area contributed by atoms with Gasteiger partial charge in [0.15, 0.2) is 0 Å². The first-order valence-corrected chi connectivity index (χ1v) is 10.5. The van der Waals surface area contributed by atoms with Gasteiger partial charge in [-0.2, -0.15) is 0 Å². The van der Waals surface area contributed by atoms with Crippen molar-refractivity contribution in [2.24, 2.45) is 0 Å². The number of imide groups is 1. The summed E-state index contributed by atoms with van der Waals surface area (Å²) < 4.78 is 0. The van der Waals surface area contributed by atoms with Crippen LogP contribution >= 0.6 is 11.6 Å². The summed E-state index contributed by atoms with van der Waals surface area (Å²) in [6.07, 6.45) is 0.239. The van der Waals surface area contributed by atoms with Crippen molar-refractivity contribution in [1.29, 1.82) is 0 Å². The number of aromatic amines is 1. The highest BCUT2D eigenvalue weighted by Gasteiger charge is 2.35. The molecule has 0 unspecified atom stereocenters. The summed E-state index contributed by atoms with van der Waals surface area (Å²) >= 11 is 6.59. The Morgan fingerprint density at radius 3 is 2.67 bits per heavy atom. The number of fused-ring (bicyclic) bond motifs is 3. The Labute approximate surface area is 180 Å². The molecule has 2 atom stereocenters. The molecule has 3 N–H and O–H groups in total. The van der Waals surface area contributed by atoms with Crippen molar-refractivity contribution in [2.75, 3.05) is 20.1 Å². The largest absolute Gasteiger partial charge is 0.357 e. The standard InChI is InChI=1S/C23H25ClN4O2/c1-14-22-21(16-8-4-6-10-19(16)26-22)17(15-7-3-5-9-18(15)24)13-28(14)12-11-20(29)27-23(30)25-2/h3-10,14,17,26H,11-13H2,1-2H3,(H2,25,27,29,30)/t14-,17+/m0/s1. The molecule has 156 valence electrons. The van der Waals surface area contributed by atoms with E-state index >= 15 is 0 Å². The quantitative estimate of drug-likeness (QED) is 0.588. The van der Waals surface area contributed by atoms with E-state index in [0.29, 0.717) is 6.54 Å². The van der Waals surface area contributed by atoms with Gasteiger partial charge in [0, 0.05) is 60.1 Å². The average Bonchev–Trinajstić information content (AvgIpc) is 3.14. The smallest absolute Gasteiger partial charge is 0.321 e. The van der Waals surface area contributed by atoms with E-state index in [4.69, 9.17) is 11.6 Å². The van der Waals surface area contributed by atoms with Crippen molar-refractivity contribution in [2.45, 2.75) is 25.3 Å². The molecule has 0 aliphatic carbocycles. The minimum absolute atomic E-state index is 0.0862. The summed E-state index contributed by atoms with van der Waals surface area (Å²) in [5.74, 6) is -0.207. The Morgan fingerprint density at radius 1 is 1.17 bits per heavy atom. The summed E-state index contributed by atoms with van der Waals surface area (Å²) in [4.78, 5) is 29.4. The van der Waals surface area contributed by atoms with Gasteiger partial charge in [-0.3, -0.25) is 15.0 Å². The van der Waals surface area contributed by atoms with Gasteiger partial charge in [0.1, 0.15) is 0 Å². The van der Waals surface area contributed by atoms with Gasteiger partial charge in [-0.05, 0) is 30.2 Å². The third kappa shape index (κ3) is 3.80. The minimum Gasteiger partial charge on any atom is -0.357 e. The first kappa shape index (κ1) is 20.4. The van der Waals surface area contributed by atoms with Crippen LogP contribution in [0.1, 0.15) is 42.1 Å². The number of hydrogen-bond acceptors (Lipinski definition) is 3. The zero-order valence-corrected chi connectivity index (χ0v) is 17.8. The zero-order chi connectivity index (χ0) is 21.3. The minimum atomic E-state index is -0.487. The number of benzene rings is 2. The Morgan fingerprint density at radius 2 is 1.90 bits per heavy atom. The molecule has 1 aliphatic heterocycles. The van der Waals surface area contributed by atoms with E-state index in [1.165, 1.54) is 18.0 Å². The number of hydrogen-bond donors (Lipinski definition) is 3. The number of amides is 3. The Balaban J connectivity index is 1.68. The van der Waals surface area contributed by atoms with Crippen LogP contribution in [0.4, 0.5) is 4.79 Å². The number of nitrogens with zero attached hydrogens (tertiary/aromatic N) is 1. The maximum absolute atomic E-state index is 12.1. The fourth-order valence-electron chi connectivity index (χ4n) is 4.35. The van der Waals surface area contributed by atoms with Gasteiger partial charge in [-0.1, -0.05) is 48.0 Å². The van der Waals surface area contributed by atoms with Crippen molar-refractivity contribution in [1.82, 2.24) is 20.5 Å². The second-order valence-electron chi connectivity index (χ2n) is 7.62. The number of carbonyl (C=O) groups excluding carboxylic acids is 2. The van der Waals surface area contributed by atoms with Crippen LogP contribution in [0.25, 0.3) is 10.9 Å². The van der Waals surface area contributed by atoms with Crippen molar-refractivity contribution in [3.05, 3.63) is 70.4 Å². The molecule has 6 nitrogen and oxygen atoms in total. The zero-order valence-electron chi connectivity index (χ0n) is 17.0. The van der Waals surface area contributed by atoms with Crippen LogP contribution in [0.5, 0.6) is 0 Å². The molecule has 1 aromatic heterocycles. The Hall–Kier alpha value is -2.83. The normalized spacial score (nSPS) is 18.8. The van der Waals surface area contributed by atoms with Crippen LogP contribution in [0.3, 0.4) is 0 Å². The van der Waals surface area contributed by atoms with Gasteiger partial charge < -0.3 is 10.3 Å². The molecular weight excluding hydrogens is 400 g/mol. The monoisotopic (exact) mass is 424 g/mol. The first-order valence-electron chi connectivity index (χ1n) is 10.1. The predicted octanol–water partition coefficient (Wildman–Crippen LogP) is 4.18. The summed E-state index contributed by atoms with van der Waals surface area (Å²) in [6, 6.07) is 15.9. The number of rotatable bonds is 4. The topological polar surface area (TPSA) is 77.2 Å². The van der Waals surface area contributed by atoms with Crippen LogP contribution < -0.4 is 10.6 Å². The molecule has 3 aromatic rings. The second kappa shape index (κ2) is 8.50. The molecule has 0 spiro atoms. The lowest BCUT2D eigenvalue weighted by Crippen LogP contribution is -2.41. The SMILES string of the molecule is CNC(=O)NC(=O)CCN1C[C@H](c2ccccc2Cl)c2c([nH]c3ccccc23)[C@@H]1C. The number of para-hydroxylation sites is 1. The van der Waals surface area contributed by atoms with Gasteiger partial charge >= 0.3 is 6.03 Å². The number of halogens is 1. The van der Waals surface area contributed by atoms with E-state index in [1.807, 2.05) is 24.3 Å². The third-order valence-corrected chi connectivity index (χ3v) is 6.24. The molecule has 0 saturated heterocycles. The lowest BCUT2D eigenvalue weighted by atomic mass is 9.83. The highest BCUT2D eigenvalue weighted by atomic mass is 35.5. The van der Waals surface area contributed by atoms with Gasteiger partial charge in [-0.15, -0.1) is 0 Å². The van der Waals surface area contributed by atoms with Gasteiger partial charge in [0.05, 0.1) is 0 Å². The fourth-order valence-corrected chi connectivity index (χ4v) is 4.62. The molecule has 7 heteroatoms. The van der Waals surface area contributed by atoms with Crippen molar-refractivity contribution < 1.29 is 9.59 Å². The molecule has 30 heavy (non-hydrogen) atoms. The third-order valence-electron chi connectivity index (χ3n) is 5.89. The first-order chi connectivity index (χ1) is 14.5. The van der Waals surface area contributed by atoms with Crippen LogP contribution in [-0.2, 0) is 4.79 Å². The highest BCUT2D eigenvalue weighted by Crippen LogP contribution is 2.44. The van der Waals surface area contributed by atoms with Crippen molar-refractivity contribution in [3.8, 4) is 0 Å². The number of aromatic nitrogens is 1. The van der Waals surface area contributed by atoms with E-state index in [9.17, 15) is 9.59 Å². The molecule has 0 saturated carbocycles. The average molecular weight is 425 g/mol.